The number of carbonyl (C=O) groups is 1. The monoisotopic (exact) mass is 321 g/mol. The van der Waals surface area contributed by atoms with Crippen LogP contribution in [0.25, 0.3) is 0 Å². The fraction of sp³-hybridized carbons (Fsp3) is 0.500. The van der Waals surface area contributed by atoms with Gasteiger partial charge in [0.25, 0.3) is 5.91 Å². The molecule has 1 fully saturated rings. The first-order valence-corrected chi connectivity index (χ1v) is 8.02. The van der Waals surface area contributed by atoms with Crippen molar-refractivity contribution in [1.29, 1.82) is 0 Å². The summed E-state index contributed by atoms with van der Waals surface area (Å²) in [6, 6.07) is 7.28. The van der Waals surface area contributed by atoms with Gasteiger partial charge in [0, 0.05) is 11.6 Å². The van der Waals surface area contributed by atoms with Crippen LogP contribution >= 0.6 is 12.2 Å². The summed E-state index contributed by atoms with van der Waals surface area (Å²) in [4.78, 5) is 12.0. The zero-order chi connectivity index (χ0) is 15.9. The first-order valence-electron chi connectivity index (χ1n) is 7.61. The second kappa shape index (κ2) is 7.98. The number of ether oxygens (including phenoxy) is 1. The van der Waals surface area contributed by atoms with Crippen LogP contribution in [0.3, 0.4) is 0 Å². The lowest BCUT2D eigenvalue weighted by molar-refractivity contribution is 0.0943. The Kier molecular flexibility index (Phi) is 6.00. The summed E-state index contributed by atoms with van der Waals surface area (Å²) in [5.41, 5.74) is 5.92. The van der Waals surface area contributed by atoms with Gasteiger partial charge >= 0.3 is 0 Å². The van der Waals surface area contributed by atoms with Crippen LogP contribution in [0.5, 0.6) is 5.75 Å². The van der Waals surface area contributed by atoms with Gasteiger partial charge in [0.05, 0.1) is 7.11 Å². The Balaban J connectivity index is 1.78. The first kappa shape index (κ1) is 16.5. The van der Waals surface area contributed by atoms with Crippen LogP contribution in [0.2, 0.25) is 0 Å². The molecule has 0 aromatic heterocycles. The normalized spacial score (nSPS) is 20.8. The molecule has 1 amide bonds. The number of methoxy groups -OCH3 is 1. The summed E-state index contributed by atoms with van der Waals surface area (Å²) >= 11 is 5.24. The molecular weight excluding hydrogens is 298 g/mol. The van der Waals surface area contributed by atoms with Gasteiger partial charge in [-0.2, -0.15) is 0 Å². The smallest absolute Gasteiger partial charge is 0.269 e. The van der Waals surface area contributed by atoms with E-state index in [0.717, 1.165) is 6.42 Å². The fourth-order valence-corrected chi connectivity index (χ4v) is 2.87. The number of amides is 1. The maximum Gasteiger partial charge on any atom is 0.269 e. The topological polar surface area (TPSA) is 62.4 Å². The van der Waals surface area contributed by atoms with Crippen LogP contribution in [0.4, 0.5) is 0 Å². The van der Waals surface area contributed by atoms with E-state index in [9.17, 15) is 4.79 Å². The molecule has 0 aliphatic heterocycles. The predicted molar refractivity (Wildman–Crippen MR) is 90.7 cm³/mol. The Bertz CT molecular complexity index is 519. The molecule has 6 heteroatoms. The number of carbonyl (C=O) groups excluding carboxylic acids is 1. The van der Waals surface area contributed by atoms with E-state index in [2.05, 4.69) is 23.1 Å². The van der Waals surface area contributed by atoms with Crippen LogP contribution in [0, 0.1) is 5.92 Å². The van der Waals surface area contributed by atoms with Crippen LogP contribution in [0.15, 0.2) is 24.3 Å². The molecule has 3 N–H and O–H groups in total. The quantitative estimate of drug-likeness (QED) is 0.589. The van der Waals surface area contributed by atoms with Crippen LogP contribution < -0.4 is 20.9 Å². The van der Waals surface area contributed by atoms with E-state index in [1.54, 1.807) is 31.4 Å². The minimum Gasteiger partial charge on any atom is -0.497 e. The van der Waals surface area contributed by atoms with Gasteiger partial charge in [-0.15, -0.1) is 0 Å². The molecular formula is C16H23N3O2S. The molecule has 1 saturated carbocycles. The molecule has 1 aromatic rings. The summed E-state index contributed by atoms with van der Waals surface area (Å²) in [6.07, 6.45) is 4.85. The second-order valence-electron chi connectivity index (χ2n) is 5.65. The van der Waals surface area contributed by atoms with Gasteiger partial charge in [-0.25, -0.2) is 0 Å². The minimum absolute atomic E-state index is 0.233. The van der Waals surface area contributed by atoms with Gasteiger partial charge in [0.1, 0.15) is 5.75 Å². The van der Waals surface area contributed by atoms with E-state index in [1.165, 1.54) is 19.3 Å². The Hall–Kier alpha value is -1.82. The molecule has 120 valence electrons. The van der Waals surface area contributed by atoms with Crippen molar-refractivity contribution in [3.8, 4) is 5.75 Å². The van der Waals surface area contributed by atoms with Gasteiger partial charge in [-0.1, -0.05) is 19.8 Å². The largest absolute Gasteiger partial charge is 0.497 e. The number of hydrogen-bond acceptors (Lipinski definition) is 3. The van der Waals surface area contributed by atoms with Crippen LogP contribution in [-0.2, 0) is 0 Å². The molecule has 22 heavy (non-hydrogen) atoms. The lowest BCUT2D eigenvalue weighted by Gasteiger charge is -2.30. The lowest BCUT2D eigenvalue weighted by Crippen LogP contribution is -2.51. The van der Waals surface area contributed by atoms with Crippen molar-refractivity contribution >= 4 is 23.2 Å². The molecule has 0 radical (unpaired) electrons. The van der Waals surface area contributed by atoms with Gasteiger partial charge in [0.15, 0.2) is 5.11 Å². The Morgan fingerprint density at radius 3 is 2.50 bits per heavy atom. The predicted octanol–water partition coefficient (Wildman–Crippen LogP) is 2.38. The molecule has 2 rings (SSSR count). The van der Waals surface area contributed by atoms with Gasteiger partial charge in [-0.05, 0) is 55.2 Å². The molecule has 0 saturated heterocycles. The SMILES string of the molecule is COc1ccc(C(=O)NNC(=S)N[C@H]2CCCC[C@H]2C)cc1. The van der Waals surface area contributed by atoms with Crippen molar-refractivity contribution < 1.29 is 9.53 Å². The Morgan fingerprint density at radius 1 is 1.18 bits per heavy atom. The summed E-state index contributed by atoms with van der Waals surface area (Å²) in [6.45, 7) is 2.23. The Labute approximate surface area is 136 Å². The minimum atomic E-state index is -0.233. The highest BCUT2D eigenvalue weighted by molar-refractivity contribution is 7.80. The average Bonchev–Trinajstić information content (AvgIpc) is 2.55. The van der Waals surface area contributed by atoms with Gasteiger partial charge < -0.3 is 10.1 Å². The van der Waals surface area contributed by atoms with E-state index in [0.29, 0.717) is 28.4 Å². The van der Waals surface area contributed by atoms with Crippen molar-refractivity contribution in [3.05, 3.63) is 29.8 Å². The molecule has 1 aromatic carbocycles. The van der Waals surface area contributed by atoms with Crippen molar-refractivity contribution in [2.45, 2.75) is 38.6 Å². The summed E-state index contributed by atoms with van der Waals surface area (Å²) in [5.74, 6) is 1.09. The highest BCUT2D eigenvalue weighted by Crippen LogP contribution is 2.23. The van der Waals surface area contributed by atoms with Gasteiger partial charge in [0.2, 0.25) is 0 Å². The number of rotatable bonds is 3. The standard InChI is InChI=1S/C16H23N3O2S/c1-11-5-3-4-6-14(11)17-16(22)19-18-15(20)12-7-9-13(21-2)10-8-12/h7-11,14H,3-6H2,1-2H3,(H,18,20)(H2,17,19,22)/t11-,14+/m1/s1. The molecule has 1 aliphatic rings. The average molecular weight is 321 g/mol. The molecule has 1 aliphatic carbocycles. The van der Waals surface area contributed by atoms with E-state index in [1.807, 2.05) is 0 Å². The Morgan fingerprint density at radius 2 is 1.86 bits per heavy atom. The third kappa shape index (κ3) is 4.59. The molecule has 5 nitrogen and oxygen atoms in total. The van der Waals surface area contributed by atoms with Crippen molar-refractivity contribution in [1.82, 2.24) is 16.2 Å². The molecule has 0 spiro atoms. The number of benzene rings is 1. The van der Waals surface area contributed by atoms with Gasteiger partial charge in [-0.3, -0.25) is 15.6 Å². The van der Waals surface area contributed by atoms with Crippen molar-refractivity contribution in [2.24, 2.45) is 5.92 Å². The van der Waals surface area contributed by atoms with E-state index in [-0.39, 0.29) is 5.91 Å². The second-order valence-corrected chi connectivity index (χ2v) is 6.06. The number of thiocarbonyl (C=S) groups is 1. The highest BCUT2D eigenvalue weighted by Gasteiger charge is 2.21. The third-order valence-corrected chi connectivity index (χ3v) is 4.29. The molecule has 0 heterocycles. The lowest BCUT2D eigenvalue weighted by atomic mass is 9.86. The van der Waals surface area contributed by atoms with Crippen molar-refractivity contribution in [2.75, 3.05) is 7.11 Å². The van der Waals surface area contributed by atoms with Crippen LogP contribution in [-0.4, -0.2) is 24.2 Å². The zero-order valence-corrected chi connectivity index (χ0v) is 13.8. The zero-order valence-electron chi connectivity index (χ0n) is 13.0. The maximum atomic E-state index is 12.0. The maximum absolute atomic E-state index is 12.0. The number of nitrogens with one attached hydrogen (secondary N) is 3. The number of hydrogen-bond donors (Lipinski definition) is 3. The molecule has 0 unspecified atom stereocenters. The number of hydrazine groups is 1. The summed E-state index contributed by atoms with van der Waals surface area (Å²) < 4.78 is 5.06. The van der Waals surface area contributed by atoms with E-state index in [4.69, 9.17) is 17.0 Å². The third-order valence-electron chi connectivity index (χ3n) is 4.07. The first-order chi connectivity index (χ1) is 10.6. The molecule has 0 bridgehead atoms. The van der Waals surface area contributed by atoms with E-state index >= 15 is 0 Å². The van der Waals surface area contributed by atoms with Crippen molar-refractivity contribution in [3.63, 3.8) is 0 Å². The van der Waals surface area contributed by atoms with E-state index < -0.39 is 0 Å². The summed E-state index contributed by atoms with van der Waals surface area (Å²) in [5, 5.41) is 3.74. The fourth-order valence-electron chi connectivity index (χ4n) is 2.66. The summed E-state index contributed by atoms with van der Waals surface area (Å²) in [7, 11) is 1.59. The highest BCUT2D eigenvalue weighted by atomic mass is 32.1. The van der Waals surface area contributed by atoms with Crippen LogP contribution in [0.1, 0.15) is 43.0 Å². The molecule has 2 atom stereocenters.